The van der Waals surface area contributed by atoms with Gasteiger partial charge in [0.1, 0.15) is 0 Å². The molecule has 2 fully saturated rings. The van der Waals surface area contributed by atoms with Crippen LogP contribution in [0.4, 0.5) is 5.69 Å². The van der Waals surface area contributed by atoms with E-state index in [0.717, 1.165) is 25.7 Å². The number of rotatable bonds is 6. The molecule has 0 bridgehead atoms. The van der Waals surface area contributed by atoms with Crippen LogP contribution >= 0.6 is 11.3 Å². The van der Waals surface area contributed by atoms with Crippen molar-refractivity contribution >= 4 is 39.0 Å². The molecule has 1 aliphatic carbocycles. The van der Waals surface area contributed by atoms with E-state index in [2.05, 4.69) is 5.32 Å². The summed E-state index contributed by atoms with van der Waals surface area (Å²) < 4.78 is 29.3. The van der Waals surface area contributed by atoms with Crippen molar-refractivity contribution in [2.75, 3.05) is 38.5 Å². The van der Waals surface area contributed by atoms with Gasteiger partial charge < -0.3 is 10.2 Å². The van der Waals surface area contributed by atoms with Crippen molar-refractivity contribution in [2.24, 2.45) is 0 Å². The lowest BCUT2D eigenvalue weighted by Gasteiger charge is -2.38. The quantitative estimate of drug-likeness (QED) is 0.673. The first-order valence-corrected chi connectivity index (χ1v) is 13.7. The Labute approximate surface area is 199 Å². The van der Waals surface area contributed by atoms with Crippen molar-refractivity contribution in [3.63, 3.8) is 0 Å². The molecule has 0 spiro atoms. The van der Waals surface area contributed by atoms with E-state index < -0.39 is 10.2 Å². The minimum atomic E-state index is -3.55. The predicted octanol–water partition coefficient (Wildman–Crippen LogP) is 3.27. The number of piperazine rings is 1. The van der Waals surface area contributed by atoms with E-state index in [4.69, 9.17) is 0 Å². The Morgan fingerprint density at radius 1 is 1.03 bits per heavy atom. The lowest BCUT2D eigenvalue weighted by atomic mass is 9.96. The van der Waals surface area contributed by atoms with Crippen LogP contribution in [0, 0.1) is 0 Å². The number of carbonyl (C=O) groups is 2. The number of benzene rings is 1. The van der Waals surface area contributed by atoms with E-state index in [-0.39, 0.29) is 30.9 Å². The van der Waals surface area contributed by atoms with Crippen LogP contribution in [-0.2, 0) is 10.2 Å². The lowest BCUT2D eigenvalue weighted by Crippen LogP contribution is -2.55. The second-order valence-electron chi connectivity index (χ2n) is 8.52. The minimum Gasteiger partial charge on any atom is -0.336 e. The van der Waals surface area contributed by atoms with Gasteiger partial charge in [-0.05, 0) is 36.4 Å². The molecule has 2 amide bonds. The smallest absolute Gasteiger partial charge is 0.282 e. The van der Waals surface area contributed by atoms with Gasteiger partial charge in [-0.2, -0.15) is 28.4 Å². The second kappa shape index (κ2) is 10.3. The summed E-state index contributed by atoms with van der Waals surface area (Å²) in [5.41, 5.74) is 1.39. The number of hydrogen-bond acceptors (Lipinski definition) is 5. The van der Waals surface area contributed by atoms with Crippen LogP contribution in [0.5, 0.6) is 0 Å². The fourth-order valence-corrected chi connectivity index (χ4v) is 6.69. The third kappa shape index (κ3) is 5.29. The molecule has 1 aliphatic heterocycles. The Balaban J connectivity index is 1.40. The third-order valence-corrected chi connectivity index (χ3v) is 9.22. The zero-order valence-corrected chi connectivity index (χ0v) is 20.4. The summed E-state index contributed by atoms with van der Waals surface area (Å²) in [6.45, 7) is 1.13. The summed E-state index contributed by atoms with van der Waals surface area (Å²) >= 11 is 1.43. The molecule has 2 aliphatic rings. The first kappa shape index (κ1) is 23.9. The molecule has 2 aromatic rings. The molecule has 1 aromatic heterocycles. The Kier molecular flexibility index (Phi) is 7.48. The molecule has 4 rings (SSSR count). The van der Waals surface area contributed by atoms with Crippen LogP contribution in [-0.4, -0.2) is 73.0 Å². The molecule has 0 atom stereocenters. The topological polar surface area (TPSA) is 90.0 Å². The average molecular weight is 491 g/mol. The molecule has 0 radical (unpaired) electrons. The van der Waals surface area contributed by atoms with Crippen LogP contribution < -0.4 is 5.32 Å². The Morgan fingerprint density at radius 2 is 1.73 bits per heavy atom. The van der Waals surface area contributed by atoms with E-state index in [1.807, 2.05) is 5.38 Å². The predicted molar refractivity (Wildman–Crippen MR) is 130 cm³/mol. The number of thiophene rings is 1. The second-order valence-corrected chi connectivity index (χ2v) is 11.3. The fraction of sp³-hybridized carbons (Fsp3) is 0.478. The van der Waals surface area contributed by atoms with Gasteiger partial charge in [0.25, 0.3) is 22.0 Å². The molecule has 8 nitrogen and oxygen atoms in total. The zero-order chi connectivity index (χ0) is 23.4. The van der Waals surface area contributed by atoms with E-state index in [1.54, 1.807) is 47.7 Å². The molecular formula is C23H30N4O4S2. The van der Waals surface area contributed by atoms with E-state index in [9.17, 15) is 18.0 Å². The third-order valence-electron chi connectivity index (χ3n) is 6.49. The zero-order valence-electron chi connectivity index (χ0n) is 18.8. The molecule has 2 heterocycles. The normalized spacial score (nSPS) is 18.4. The molecule has 10 heteroatoms. The summed E-state index contributed by atoms with van der Waals surface area (Å²) in [6, 6.07) is 8.71. The van der Waals surface area contributed by atoms with Crippen LogP contribution in [0.2, 0.25) is 0 Å². The van der Waals surface area contributed by atoms with Gasteiger partial charge in [-0.15, -0.1) is 0 Å². The Morgan fingerprint density at radius 3 is 2.39 bits per heavy atom. The van der Waals surface area contributed by atoms with Gasteiger partial charge in [0.15, 0.2) is 0 Å². The SMILES string of the molecule is CN(C1CCCCC1)S(=O)(=O)N1CCN(C(=O)c2ccccc2NC(=O)c2ccsc2)CC1. The van der Waals surface area contributed by atoms with Crippen molar-refractivity contribution in [2.45, 2.75) is 38.1 Å². The van der Waals surface area contributed by atoms with Crippen molar-refractivity contribution < 1.29 is 18.0 Å². The highest BCUT2D eigenvalue weighted by Crippen LogP contribution is 2.26. The lowest BCUT2D eigenvalue weighted by molar-refractivity contribution is 0.0694. The molecule has 178 valence electrons. The minimum absolute atomic E-state index is 0.0575. The largest absolute Gasteiger partial charge is 0.336 e. The maximum atomic E-state index is 13.2. The standard InChI is InChI=1S/C23H30N4O4S2/c1-25(19-7-3-2-4-8-19)33(30,31)27-14-12-26(13-15-27)23(29)20-9-5-6-10-21(20)24-22(28)18-11-16-32-17-18/h5-6,9-11,16-17,19H,2-4,7-8,12-15H2,1H3,(H,24,28). The molecule has 1 aromatic carbocycles. The fourth-order valence-electron chi connectivity index (χ4n) is 4.47. The Hall–Kier alpha value is -2.27. The number of nitrogens with zero attached hydrogens (tertiary/aromatic N) is 3. The van der Waals surface area contributed by atoms with E-state index in [0.29, 0.717) is 29.9 Å². The number of hydrogen-bond donors (Lipinski definition) is 1. The molecule has 1 N–H and O–H groups in total. The van der Waals surface area contributed by atoms with Gasteiger partial charge in [-0.1, -0.05) is 31.4 Å². The molecule has 1 saturated carbocycles. The van der Waals surface area contributed by atoms with Gasteiger partial charge in [-0.3, -0.25) is 9.59 Å². The van der Waals surface area contributed by atoms with E-state index >= 15 is 0 Å². The maximum absolute atomic E-state index is 13.2. The van der Waals surface area contributed by atoms with Crippen molar-refractivity contribution in [3.8, 4) is 0 Å². The molecular weight excluding hydrogens is 460 g/mol. The highest BCUT2D eigenvalue weighted by molar-refractivity contribution is 7.86. The first-order chi connectivity index (χ1) is 15.9. The maximum Gasteiger partial charge on any atom is 0.282 e. The summed E-state index contributed by atoms with van der Waals surface area (Å²) in [4.78, 5) is 27.3. The Bertz CT molecular complexity index is 1070. The summed E-state index contributed by atoms with van der Waals surface area (Å²) in [6.07, 6.45) is 5.11. The van der Waals surface area contributed by atoms with Gasteiger partial charge in [0.2, 0.25) is 0 Å². The van der Waals surface area contributed by atoms with Crippen LogP contribution in [0.1, 0.15) is 52.8 Å². The summed E-state index contributed by atoms with van der Waals surface area (Å²) in [5, 5.41) is 6.40. The number of nitrogens with one attached hydrogen (secondary N) is 1. The number of para-hydroxylation sites is 1. The first-order valence-electron chi connectivity index (χ1n) is 11.3. The number of anilines is 1. The van der Waals surface area contributed by atoms with Crippen LogP contribution in [0.15, 0.2) is 41.1 Å². The average Bonchev–Trinajstić information content (AvgIpc) is 3.39. The van der Waals surface area contributed by atoms with Crippen molar-refractivity contribution in [3.05, 3.63) is 52.2 Å². The highest BCUT2D eigenvalue weighted by Gasteiger charge is 2.35. The highest BCUT2D eigenvalue weighted by atomic mass is 32.2. The summed E-state index contributed by atoms with van der Waals surface area (Å²) in [5.74, 6) is -0.480. The van der Waals surface area contributed by atoms with Crippen molar-refractivity contribution in [1.82, 2.24) is 13.5 Å². The monoisotopic (exact) mass is 490 g/mol. The number of carbonyl (C=O) groups excluding carboxylic acids is 2. The van der Waals surface area contributed by atoms with Crippen molar-refractivity contribution in [1.29, 1.82) is 0 Å². The van der Waals surface area contributed by atoms with Gasteiger partial charge in [0, 0.05) is 44.6 Å². The van der Waals surface area contributed by atoms with E-state index in [1.165, 1.54) is 26.4 Å². The molecule has 0 unspecified atom stereocenters. The number of amides is 2. The molecule has 1 saturated heterocycles. The van der Waals surface area contributed by atoms with Gasteiger partial charge in [0.05, 0.1) is 16.8 Å². The van der Waals surface area contributed by atoms with Gasteiger partial charge >= 0.3 is 0 Å². The van der Waals surface area contributed by atoms with Crippen LogP contribution in [0.3, 0.4) is 0 Å². The summed E-state index contributed by atoms with van der Waals surface area (Å²) in [7, 11) is -1.88. The van der Waals surface area contributed by atoms with Gasteiger partial charge in [-0.25, -0.2) is 0 Å². The molecule has 33 heavy (non-hydrogen) atoms. The van der Waals surface area contributed by atoms with Crippen LogP contribution in [0.25, 0.3) is 0 Å².